The number of rotatable bonds is 13. The average Bonchev–Trinajstić information content (AvgIpc) is 3.11. The number of nitrogens with two attached hydrogens (primary N) is 2. The lowest BCUT2D eigenvalue weighted by Crippen LogP contribution is -2.35. The van der Waals surface area contributed by atoms with Gasteiger partial charge in [0.25, 0.3) is 11.5 Å². The van der Waals surface area contributed by atoms with Gasteiger partial charge in [0.15, 0.2) is 29.0 Å². The van der Waals surface area contributed by atoms with Crippen LogP contribution in [0.15, 0.2) is 64.5 Å². The van der Waals surface area contributed by atoms with Crippen molar-refractivity contribution in [3.8, 4) is 17.0 Å². The molecule has 17 heteroatoms. The first kappa shape index (κ1) is 39.4. The van der Waals surface area contributed by atoms with Gasteiger partial charge in [0.05, 0.1) is 11.9 Å². The van der Waals surface area contributed by atoms with Crippen molar-refractivity contribution < 1.29 is 37.4 Å². The molecule has 53 heavy (non-hydrogen) atoms. The second-order valence-corrected chi connectivity index (χ2v) is 12.3. The molecule has 0 radical (unpaired) electrons. The van der Waals surface area contributed by atoms with Crippen LogP contribution in [0.5, 0.6) is 5.75 Å². The Morgan fingerprint density at radius 3 is 2.40 bits per heavy atom. The van der Waals surface area contributed by atoms with E-state index in [9.17, 15) is 24.3 Å². The number of halogens is 3. The fourth-order valence-electron chi connectivity index (χ4n) is 4.96. The molecule has 280 valence electrons. The van der Waals surface area contributed by atoms with Gasteiger partial charge in [0.1, 0.15) is 24.6 Å². The summed E-state index contributed by atoms with van der Waals surface area (Å²) in [6, 6.07) is 12.4. The Morgan fingerprint density at radius 2 is 1.74 bits per heavy atom. The number of anilines is 2. The van der Waals surface area contributed by atoms with Crippen molar-refractivity contribution in [1.82, 2.24) is 20.2 Å². The summed E-state index contributed by atoms with van der Waals surface area (Å²) in [4.78, 5) is 59.3. The molecule has 0 unspecified atom stereocenters. The van der Waals surface area contributed by atoms with E-state index in [4.69, 9.17) is 16.2 Å². The minimum absolute atomic E-state index is 0.0757. The molecule has 0 aliphatic heterocycles. The second-order valence-electron chi connectivity index (χ2n) is 12.3. The first-order valence-electron chi connectivity index (χ1n) is 16.4. The third kappa shape index (κ3) is 9.69. The first-order chi connectivity index (χ1) is 25.1. The van der Waals surface area contributed by atoms with Gasteiger partial charge in [-0.25, -0.2) is 22.9 Å². The number of benzene rings is 3. The Labute approximate surface area is 302 Å². The number of amides is 3. The number of aliphatic imine (C=N–C) groups is 1. The predicted molar refractivity (Wildman–Crippen MR) is 192 cm³/mol. The Morgan fingerprint density at radius 1 is 1.04 bits per heavy atom. The predicted octanol–water partition coefficient (Wildman–Crippen LogP) is 4.32. The zero-order chi connectivity index (χ0) is 39.0. The molecule has 1 aromatic heterocycles. The van der Waals surface area contributed by atoms with Crippen molar-refractivity contribution in [3.63, 3.8) is 0 Å². The number of ether oxygens (including phenoxy) is 1. The highest BCUT2D eigenvalue weighted by molar-refractivity contribution is 6.05. The molecular formula is C36H39F3N8O6. The Hall–Kier alpha value is -6.39. The topological polar surface area (TPSA) is 216 Å². The Bertz CT molecular complexity index is 2080. The Kier molecular flexibility index (Phi) is 12.8. The smallest absolute Gasteiger partial charge is 0.435 e. The largest absolute Gasteiger partial charge is 0.504 e. The normalized spacial score (nSPS) is 12.0. The van der Waals surface area contributed by atoms with Crippen LogP contribution in [0, 0.1) is 17.5 Å². The number of aromatic nitrogens is 2. The molecule has 0 fully saturated rings. The maximum absolute atomic E-state index is 15.3. The highest BCUT2D eigenvalue weighted by Crippen LogP contribution is 2.31. The molecule has 0 saturated carbocycles. The lowest BCUT2D eigenvalue weighted by molar-refractivity contribution is -0.121. The third-order valence-corrected chi connectivity index (χ3v) is 7.81. The van der Waals surface area contributed by atoms with Crippen LogP contribution in [0.1, 0.15) is 61.2 Å². The van der Waals surface area contributed by atoms with Crippen LogP contribution >= 0.6 is 0 Å². The van der Waals surface area contributed by atoms with Crippen molar-refractivity contribution in [2.45, 2.75) is 65.9 Å². The van der Waals surface area contributed by atoms with Gasteiger partial charge in [-0.3, -0.25) is 19.0 Å². The van der Waals surface area contributed by atoms with Crippen molar-refractivity contribution in [2.75, 3.05) is 11.1 Å². The number of amidine groups is 1. The van der Waals surface area contributed by atoms with Crippen molar-refractivity contribution >= 4 is 35.2 Å². The second kappa shape index (κ2) is 17.2. The number of carbonyl (C=O) groups is 3. The highest BCUT2D eigenvalue weighted by Gasteiger charge is 2.28. The number of nitrogens with one attached hydrogen (secondary N) is 3. The molecule has 14 nitrogen and oxygen atoms in total. The van der Waals surface area contributed by atoms with E-state index in [2.05, 4.69) is 25.9 Å². The Balaban J connectivity index is 1.60. The molecule has 0 bridgehead atoms. The van der Waals surface area contributed by atoms with E-state index >= 15 is 13.2 Å². The van der Waals surface area contributed by atoms with Crippen LogP contribution < -0.4 is 33.0 Å². The number of aromatic hydroxyl groups is 1. The number of phenolic OH excluding ortho intramolecular Hbond substituents is 1. The minimum atomic E-state index is -1.85. The van der Waals surface area contributed by atoms with Crippen molar-refractivity contribution in [1.29, 1.82) is 0 Å². The average molecular weight is 737 g/mol. The van der Waals surface area contributed by atoms with Crippen molar-refractivity contribution in [3.05, 3.63) is 105 Å². The molecule has 3 aromatic carbocycles. The zero-order valence-electron chi connectivity index (χ0n) is 29.3. The molecule has 0 aliphatic rings. The van der Waals surface area contributed by atoms with E-state index in [1.54, 1.807) is 44.2 Å². The van der Waals surface area contributed by atoms with Crippen LogP contribution in [-0.4, -0.2) is 50.5 Å². The van der Waals surface area contributed by atoms with Gasteiger partial charge < -0.3 is 37.3 Å². The van der Waals surface area contributed by atoms with Gasteiger partial charge in [-0.1, -0.05) is 37.3 Å². The number of hydrogen-bond donors (Lipinski definition) is 6. The summed E-state index contributed by atoms with van der Waals surface area (Å²) >= 11 is 0. The monoisotopic (exact) mass is 736 g/mol. The quantitative estimate of drug-likeness (QED) is 0.0495. The summed E-state index contributed by atoms with van der Waals surface area (Å²) in [5, 5.41) is 18.3. The van der Waals surface area contributed by atoms with Gasteiger partial charge in [-0.15, -0.1) is 0 Å². The van der Waals surface area contributed by atoms with Crippen LogP contribution in [-0.2, 0) is 29.2 Å². The van der Waals surface area contributed by atoms with Gasteiger partial charge in [0.2, 0.25) is 5.91 Å². The van der Waals surface area contributed by atoms with E-state index in [1.807, 2.05) is 13.8 Å². The van der Waals surface area contributed by atoms with Crippen LogP contribution in [0.3, 0.4) is 0 Å². The van der Waals surface area contributed by atoms with Crippen LogP contribution in [0.2, 0.25) is 0 Å². The molecule has 0 aliphatic carbocycles. The number of hydrogen-bond acceptors (Lipinski definition) is 9. The van der Waals surface area contributed by atoms with E-state index in [0.29, 0.717) is 12.0 Å². The summed E-state index contributed by atoms with van der Waals surface area (Å²) in [7, 11) is 0. The van der Waals surface area contributed by atoms with E-state index < -0.39 is 76.7 Å². The minimum Gasteiger partial charge on any atom is -0.504 e. The fraction of sp³-hybridized carbons (Fsp3) is 0.278. The standard InChI is InChI=1S/C36H39F3N8O6/c1-5-19(4)45-34(50)22-11-21(12-23(40)13-22)25-15-43-33(44-18(2)3)35(51)47(25)16-26(48)42-14-24-28(37)30(39)27(31(49)29(24)38)32(41)46-36(52)53-17-20-9-7-6-8-10-20/h6-13,15,18-19,49H,5,14,16-17,40H2,1-4H3,(H,42,48)(H,43,44)(H,45,50)(H2,41,46,52)/t19-/m1/s1. The van der Waals surface area contributed by atoms with Crippen LogP contribution in [0.4, 0.5) is 29.5 Å². The van der Waals surface area contributed by atoms with Gasteiger partial charge in [0, 0.05) is 41.0 Å². The summed E-state index contributed by atoms with van der Waals surface area (Å²) in [6.07, 6.45) is 0.644. The van der Waals surface area contributed by atoms with E-state index in [-0.39, 0.29) is 47.0 Å². The molecule has 4 aromatic rings. The highest BCUT2D eigenvalue weighted by atomic mass is 19.2. The summed E-state index contributed by atoms with van der Waals surface area (Å²) in [5.41, 5.74) is 9.92. The van der Waals surface area contributed by atoms with Gasteiger partial charge in [-0.05, 0) is 51.0 Å². The first-order valence-corrected chi connectivity index (χ1v) is 16.4. The number of nitrogens with zero attached hydrogens (tertiary/aromatic N) is 3. The number of phenols is 1. The van der Waals surface area contributed by atoms with Gasteiger partial charge >= 0.3 is 6.09 Å². The molecule has 3 amide bonds. The molecule has 4 rings (SSSR count). The maximum Gasteiger partial charge on any atom is 0.435 e. The summed E-state index contributed by atoms with van der Waals surface area (Å²) < 4.78 is 51.5. The van der Waals surface area contributed by atoms with Gasteiger partial charge in [-0.2, -0.15) is 4.99 Å². The summed E-state index contributed by atoms with van der Waals surface area (Å²) in [6.45, 7) is 5.29. The fourth-order valence-corrected chi connectivity index (χ4v) is 4.96. The van der Waals surface area contributed by atoms with Crippen LogP contribution in [0.25, 0.3) is 11.3 Å². The lowest BCUT2D eigenvalue weighted by atomic mass is 10.1. The third-order valence-electron chi connectivity index (χ3n) is 7.81. The zero-order valence-corrected chi connectivity index (χ0v) is 29.3. The SMILES string of the molecule is CC[C@@H](C)NC(=O)c1cc(N)cc(-c2cnc(NC(C)C)c(=O)n2CC(=O)NCc2c(F)c(O)c(/C(N)=N/C(=O)OCc3ccccc3)c(F)c2F)c1. The molecule has 8 N–H and O–H groups in total. The summed E-state index contributed by atoms with van der Waals surface area (Å²) in [5.74, 6) is -9.41. The van der Waals surface area contributed by atoms with E-state index in [1.165, 1.54) is 24.4 Å². The lowest BCUT2D eigenvalue weighted by Gasteiger charge is -2.18. The maximum atomic E-state index is 15.3. The molecule has 0 saturated heterocycles. The molecule has 0 spiro atoms. The molecule has 1 atom stereocenters. The molecule has 1 heterocycles. The van der Waals surface area contributed by atoms with Crippen molar-refractivity contribution in [2.24, 2.45) is 10.7 Å². The molecular weight excluding hydrogens is 697 g/mol. The number of nitrogen functional groups attached to an aromatic ring is 1. The van der Waals surface area contributed by atoms with E-state index in [0.717, 1.165) is 4.57 Å². The number of carbonyl (C=O) groups excluding carboxylic acids is 3.